The van der Waals surface area contributed by atoms with E-state index in [0.717, 1.165) is 0 Å². The van der Waals surface area contributed by atoms with Crippen molar-refractivity contribution in [3.63, 3.8) is 0 Å². The summed E-state index contributed by atoms with van der Waals surface area (Å²) in [5, 5.41) is 14.7. The summed E-state index contributed by atoms with van der Waals surface area (Å²) in [6, 6.07) is 12.9. The van der Waals surface area contributed by atoms with Crippen LogP contribution in [-0.4, -0.2) is 48.8 Å². The fourth-order valence-electron chi connectivity index (χ4n) is 3.25. The van der Waals surface area contributed by atoms with Gasteiger partial charge in [0, 0.05) is 36.3 Å². The highest BCUT2D eigenvalue weighted by Crippen LogP contribution is 2.29. The van der Waals surface area contributed by atoms with Crippen molar-refractivity contribution in [1.82, 2.24) is 4.31 Å². The molecule has 0 saturated carbocycles. The maximum Gasteiger partial charge on any atom is 0.293 e. The van der Waals surface area contributed by atoms with Crippen molar-refractivity contribution < 1.29 is 18.1 Å². The van der Waals surface area contributed by atoms with Gasteiger partial charge in [0.25, 0.3) is 5.69 Å². The summed E-state index contributed by atoms with van der Waals surface area (Å²) in [6.07, 6.45) is 2.28. The number of nitrogens with zero attached hydrogens (tertiary/aromatic N) is 2. The van der Waals surface area contributed by atoms with Gasteiger partial charge in [-0.25, -0.2) is 12.7 Å². The highest BCUT2D eigenvalue weighted by Gasteiger charge is 2.27. The Morgan fingerprint density at radius 1 is 1.11 bits per heavy atom. The van der Waals surface area contributed by atoms with Crippen LogP contribution in [0.1, 0.15) is 28.8 Å². The molecule has 0 aromatic heterocycles. The maximum absolute atomic E-state index is 12.5. The Bertz CT molecular complexity index is 984. The molecule has 1 heterocycles. The summed E-state index contributed by atoms with van der Waals surface area (Å²) < 4.78 is 24.6. The molecule has 1 N–H and O–H groups in total. The van der Waals surface area contributed by atoms with Crippen molar-refractivity contribution in [2.24, 2.45) is 0 Å². The van der Waals surface area contributed by atoms with Crippen LogP contribution in [0, 0.1) is 10.1 Å². The molecule has 0 radical (unpaired) electrons. The number of carbonyl (C=O) groups is 1. The number of rotatable bonds is 6. The number of ketones is 1. The van der Waals surface area contributed by atoms with Crippen molar-refractivity contribution in [3.05, 3.63) is 69.8 Å². The highest BCUT2D eigenvalue weighted by molar-refractivity contribution is 7.88. The molecule has 3 rings (SSSR count). The zero-order valence-electron chi connectivity index (χ0n) is 15.4. The zero-order chi connectivity index (χ0) is 20.3. The minimum Gasteiger partial charge on any atom is -0.377 e. The summed E-state index contributed by atoms with van der Waals surface area (Å²) in [7, 11) is -3.23. The Hall–Kier alpha value is -2.78. The first-order valence-corrected chi connectivity index (χ1v) is 10.7. The number of nitrogens with one attached hydrogen (secondary N) is 1. The van der Waals surface area contributed by atoms with Crippen LogP contribution < -0.4 is 5.32 Å². The fraction of sp³-hybridized carbons (Fsp3) is 0.316. The number of hydrogen-bond donors (Lipinski definition) is 1. The summed E-state index contributed by atoms with van der Waals surface area (Å²) in [6.45, 7) is 0.740. The van der Waals surface area contributed by atoms with Crippen molar-refractivity contribution in [2.45, 2.75) is 18.9 Å². The molecule has 148 valence electrons. The molecule has 0 aliphatic carbocycles. The second-order valence-electron chi connectivity index (χ2n) is 6.76. The molecule has 9 heteroatoms. The number of nitro groups is 1. The topological polar surface area (TPSA) is 110 Å². The first kappa shape index (κ1) is 20.0. The lowest BCUT2D eigenvalue weighted by atomic mass is 10.0. The number of sulfonamides is 1. The molecule has 2 aromatic rings. The number of piperidine rings is 1. The van der Waals surface area contributed by atoms with Gasteiger partial charge < -0.3 is 5.32 Å². The summed E-state index contributed by atoms with van der Waals surface area (Å²) in [4.78, 5) is 23.6. The van der Waals surface area contributed by atoms with Gasteiger partial charge in [-0.1, -0.05) is 30.3 Å². The standard InChI is InChI=1S/C19H21N3O5S/c1-28(26,27)21-11-9-16(10-12-21)20-17-8-7-15(13-18(17)22(24)25)19(23)14-5-3-2-4-6-14/h2-8,13,16,20H,9-12H2,1H3. The Morgan fingerprint density at radius 2 is 1.75 bits per heavy atom. The van der Waals surface area contributed by atoms with E-state index in [0.29, 0.717) is 37.2 Å². The highest BCUT2D eigenvalue weighted by atomic mass is 32.2. The molecule has 0 atom stereocenters. The molecule has 0 spiro atoms. The second kappa shape index (κ2) is 8.07. The molecule has 0 amide bonds. The molecular formula is C19H21N3O5S. The molecule has 1 aliphatic heterocycles. The predicted octanol–water partition coefficient (Wildman–Crippen LogP) is 2.66. The quantitative estimate of drug-likeness (QED) is 0.451. The summed E-state index contributed by atoms with van der Waals surface area (Å²) >= 11 is 0. The normalized spacial score (nSPS) is 15.9. The first-order chi connectivity index (χ1) is 13.3. The van der Waals surface area contributed by atoms with E-state index < -0.39 is 14.9 Å². The van der Waals surface area contributed by atoms with Gasteiger partial charge in [-0.05, 0) is 25.0 Å². The first-order valence-electron chi connectivity index (χ1n) is 8.85. The predicted molar refractivity (Wildman–Crippen MR) is 106 cm³/mol. The molecule has 2 aromatic carbocycles. The van der Waals surface area contributed by atoms with Gasteiger partial charge >= 0.3 is 0 Å². The van der Waals surface area contributed by atoms with Gasteiger partial charge in [-0.15, -0.1) is 0 Å². The third kappa shape index (κ3) is 4.55. The number of hydrogen-bond acceptors (Lipinski definition) is 6. The Kier molecular flexibility index (Phi) is 5.76. The molecule has 1 fully saturated rings. The van der Waals surface area contributed by atoms with Gasteiger partial charge in [-0.3, -0.25) is 14.9 Å². The van der Waals surface area contributed by atoms with Crippen LogP contribution in [0.5, 0.6) is 0 Å². The number of nitro benzene ring substituents is 1. The van der Waals surface area contributed by atoms with Crippen LogP contribution >= 0.6 is 0 Å². The average molecular weight is 403 g/mol. The van der Waals surface area contributed by atoms with Gasteiger partial charge in [0.05, 0.1) is 11.2 Å². The second-order valence-corrected chi connectivity index (χ2v) is 8.75. The third-order valence-electron chi connectivity index (χ3n) is 4.78. The van der Waals surface area contributed by atoms with E-state index in [4.69, 9.17) is 0 Å². The van der Waals surface area contributed by atoms with E-state index >= 15 is 0 Å². The van der Waals surface area contributed by atoms with E-state index in [2.05, 4.69) is 5.32 Å². The lowest BCUT2D eigenvalue weighted by Crippen LogP contribution is -2.41. The van der Waals surface area contributed by atoms with Gasteiger partial charge in [-0.2, -0.15) is 0 Å². The largest absolute Gasteiger partial charge is 0.377 e. The van der Waals surface area contributed by atoms with Gasteiger partial charge in [0.1, 0.15) is 5.69 Å². The molecule has 28 heavy (non-hydrogen) atoms. The van der Waals surface area contributed by atoms with E-state index in [1.807, 2.05) is 0 Å². The number of carbonyl (C=O) groups excluding carboxylic acids is 1. The van der Waals surface area contributed by atoms with Crippen LogP contribution in [-0.2, 0) is 10.0 Å². The van der Waals surface area contributed by atoms with E-state index in [9.17, 15) is 23.3 Å². The van der Waals surface area contributed by atoms with Crippen molar-refractivity contribution in [3.8, 4) is 0 Å². The van der Waals surface area contributed by atoms with Crippen LogP contribution in [0.25, 0.3) is 0 Å². The maximum atomic E-state index is 12.5. The van der Waals surface area contributed by atoms with Crippen LogP contribution in [0.2, 0.25) is 0 Å². The summed E-state index contributed by atoms with van der Waals surface area (Å²) in [5.74, 6) is -0.281. The van der Waals surface area contributed by atoms with E-state index in [-0.39, 0.29) is 23.1 Å². The molecule has 0 unspecified atom stereocenters. The van der Waals surface area contributed by atoms with Gasteiger partial charge in [0.2, 0.25) is 10.0 Å². The zero-order valence-corrected chi connectivity index (χ0v) is 16.2. The van der Waals surface area contributed by atoms with Crippen molar-refractivity contribution in [1.29, 1.82) is 0 Å². The Labute approximate surface area is 163 Å². The van der Waals surface area contributed by atoms with Crippen LogP contribution in [0.15, 0.2) is 48.5 Å². The summed E-state index contributed by atoms with van der Waals surface area (Å²) in [5.41, 5.74) is 0.862. The molecule has 1 aliphatic rings. The smallest absolute Gasteiger partial charge is 0.293 e. The Morgan fingerprint density at radius 3 is 2.32 bits per heavy atom. The molecule has 0 bridgehead atoms. The monoisotopic (exact) mass is 403 g/mol. The minimum absolute atomic E-state index is 0.0765. The lowest BCUT2D eigenvalue weighted by Gasteiger charge is -2.31. The molecular weight excluding hydrogens is 382 g/mol. The number of anilines is 1. The van der Waals surface area contributed by atoms with Crippen molar-refractivity contribution in [2.75, 3.05) is 24.7 Å². The lowest BCUT2D eigenvalue weighted by molar-refractivity contribution is -0.384. The van der Waals surface area contributed by atoms with Crippen LogP contribution in [0.3, 0.4) is 0 Å². The third-order valence-corrected chi connectivity index (χ3v) is 6.08. The molecule has 8 nitrogen and oxygen atoms in total. The average Bonchev–Trinajstić information content (AvgIpc) is 2.68. The van der Waals surface area contributed by atoms with E-state index in [1.54, 1.807) is 36.4 Å². The fourth-order valence-corrected chi connectivity index (χ4v) is 4.13. The van der Waals surface area contributed by atoms with E-state index in [1.165, 1.54) is 22.7 Å². The van der Waals surface area contributed by atoms with Crippen molar-refractivity contribution >= 4 is 27.2 Å². The number of benzene rings is 2. The Balaban J connectivity index is 1.77. The minimum atomic E-state index is -3.23. The van der Waals surface area contributed by atoms with Gasteiger partial charge in [0.15, 0.2) is 5.78 Å². The molecule has 1 saturated heterocycles. The SMILES string of the molecule is CS(=O)(=O)N1CCC(Nc2ccc(C(=O)c3ccccc3)cc2[N+](=O)[O-])CC1. The van der Waals surface area contributed by atoms with Crippen LogP contribution in [0.4, 0.5) is 11.4 Å².